The molecule has 1 spiro atoms. The van der Waals surface area contributed by atoms with Crippen molar-refractivity contribution >= 4 is 62.0 Å². The molecule has 0 saturated heterocycles. The molecule has 0 aliphatic carbocycles. The predicted molar refractivity (Wildman–Crippen MR) is 451 cm³/mol. The van der Waals surface area contributed by atoms with E-state index >= 15 is 0 Å². The molecule has 3 nitrogen and oxygen atoms in total. The molecular weight excluding hydrogens is 1270 g/mol. The molecular formula is C101H103BN2O. The molecule has 0 amide bonds. The Bertz CT molecular complexity index is 5430. The van der Waals surface area contributed by atoms with Crippen LogP contribution in [0.3, 0.4) is 0 Å². The Labute approximate surface area is 626 Å². The SMILES string of the molecule is CC(C)(C)c1cc(-c2ccc3c(c2)B2c4ccc(-c5cc(C(C)(C)C)cc(C(C)(C)C)c5)cc4N(c4c(-c5ccccc5)cc(C(C)(C)C)cc4-c4ccccc4)c4cc(-n5c6ccc(C(C)(C)C)cc6c6cc(C(C)(C)C)ccc65)cc(c42)C32c3ccccc3Oc3ccccc32)cc(C(C)(C)C)c1. The van der Waals surface area contributed by atoms with Gasteiger partial charge in [0.05, 0.1) is 22.1 Å². The zero-order valence-corrected chi connectivity index (χ0v) is 66.0. The van der Waals surface area contributed by atoms with Gasteiger partial charge in [-0.25, -0.2) is 0 Å². The first kappa shape index (κ1) is 69.5. The highest BCUT2D eigenvalue weighted by Crippen LogP contribution is 2.59. The zero-order valence-electron chi connectivity index (χ0n) is 66.0. The third-order valence-corrected chi connectivity index (χ3v) is 23.3. The minimum Gasteiger partial charge on any atom is -0.457 e. The van der Waals surface area contributed by atoms with Crippen LogP contribution in [0.1, 0.15) is 207 Å². The minimum atomic E-state index is -0.919. The molecule has 0 N–H and O–H groups in total. The van der Waals surface area contributed by atoms with Crippen molar-refractivity contribution in [1.29, 1.82) is 0 Å². The molecule has 0 saturated carbocycles. The van der Waals surface area contributed by atoms with Crippen molar-refractivity contribution in [3.63, 3.8) is 0 Å². The van der Waals surface area contributed by atoms with Crippen molar-refractivity contribution in [1.82, 2.24) is 4.57 Å². The molecule has 4 heterocycles. The van der Waals surface area contributed by atoms with Crippen LogP contribution in [0.2, 0.25) is 0 Å². The fourth-order valence-electron chi connectivity index (χ4n) is 17.1. The number of anilines is 3. The largest absolute Gasteiger partial charge is 0.457 e. The van der Waals surface area contributed by atoms with E-state index in [0.717, 1.165) is 56.5 Å². The summed E-state index contributed by atoms with van der Waals surface area (Å²) in [5.74, 6) is 1.72. The van der Waals surface area contributed by atoms with Crippen LogP contribution in [-0.2, 0) is 43.3 Å². The smallest absolute Gasteiger partial charge is 0.247 e. The second-order valence-corrected chi connectivity index (χ2v) is 37.9. The van der Waals surface area contributed by atoms with Crippen molar-refractivity contribution in [3.8, 4) is 61.7 Å². The minimum absolute atomic E-state index is 0.0897. The lowest BCUT2D eigenvalue weighted by molar-refractivity contribution is 0.435. The molecule has 105 heavy (non-hydrogen) atoms. The first-order valence-corrected chi connectivity index (χ1v) is 38.3. The number of aromatic nitrogens is 1. The molecule has 3 aliphatic heterocycles. The van der Waals surface area contributed by atoms with E-state index in [0.29, 0.717) is 0 Å². The number of hydrogen-bond acceptors (Lipinski definition) is 2. The summed E-state index contributed by atoms with van der Waals surface area (Å²) in [6, 6.07) is 95.6. The van der Waals surface area contributed by atoms with Crippen LogP contribution in [0.5, 0.6) is 11.5 Å². The Balaban J connectivity index is 1.15. The Morgan fingerprint density at radius 2 is 0.695 bits per heavy atom. The van der Waals surface area contributed by atoms with Gasteiger partial charge in [0.1, 0.15) is 11.5 Å². The van der Waals surface area contributed by atoms with Gasteiger partial charge in [-0.1, -0.05) is 327 Å². The molecule has 526 valence electrons. The fraction of sp³-hybridized carbons (Fsp3) is 0.287. The van der Waals surface area contributed by atoms with Gasteiger partial charge in [-0.15, -0.1) is 0 Å². The van der Waals surface area contributed by atoms with Gasteiger partial charge in [-0.05, 0) is 199 Å². The highest BCUT2D eigenvalue weighted by atomic mass is 16.5. The number of hydrogen-bond donors (Lipinski definition) is 0. The molecule has 3 aliphatic rings. The van der Waals surface area contributed by atoms with E-state index in [-0.39, 0.29) is 44.6 Å². The monoisotopic (exact) mass is 1370 g/mol. The van der Waals surface area contributed by atoms with Crippen LogP contribution in [0, 0.1) is 0 Å². The molecule has 4 heteroatoms. The summed E-state index contributed by atoms with van der Waals surface area (Å²) in [7, 11) is 0. The number of para-hydroxylation sites is 2. The third-order valence-electron chi connectivity index (χ3n) is 23.3. The van der Waals surface area contributed by atoms with E-state index in [9.17, 15) is 0 Å². The molecule has 12 aromatic carbocycles. The van der Waals surface area contributed by atoms with E-state index in [1.807, 2.05) is 0 Å². The summed E-state index contributed by atoms with van der Waals surface area (Å²) in [4.78, 5) is 2.78. The van der Waals surface area contributed by atoms with Crippen LogP contribution in [0.25, 0.3) is 72.0 Å². The average molecular weight is 1370 g/mol. The number of ether oxygens (including phenoxy) is 1. The maximum absolute atomic E-state index is 7.32. The lowest BCUT2D eigenvalue weighted by Crippen LogP contribution is -2.65. The highest BCUT2D eigenvalue weighted by molar-refractivity contribution is 6.99. The average Bonchev–Trinajstić information content (AvgIpc) is 1.30. The second-order valence-electron chi connectivity index (χ2n) is 37.9. The quantitative estimate of drug-likeness (QED) is 0.154. The number of rotatable bonds is 6. The topological polar surface area (TPSA) is 17.4 Å². The van der Waals surface area contributed by atoms with E-state index in [2.05, 4.69) is 398 Å². The maximum atomic E-state index is 7.32. The van der Waals surface area contributed by atoms with Gasteiger partial charge in [0, 0.05) is 50.1 Å². The maximum Gasteiger partial charge on any atom is 0.247 e. The Kier molecular flexibility index (Phi) is 15.9. The summed E-state index contributed by atoms with van der Waals surface area (Å²) in [6.07, 6.45) is 0. The lowest BCUT2D eigenvalue weighted by atomic mass is 9.29. The summed E-state index contributed by atoms with van der Waals surface area (Å²) >= 11 is 0. The van der Waals surface area contributed by atoms with Gasteiger partial charge in [-0.2, -0.15) is 0 Å². The van der Waals surface area contributed by atoms with Crippen LogP contribution in [-0.4, -0.2) is 11.3 Å². The Morgan fingerprint density at radius 3 is 1.14 bits per heavy atom. The van der Waals surface area contributed by atoms with Crippen LogP contribution in [0.15, 0.2) is 243 Å². The van der Waals surface area contributed by atoms with Crippen LogP contribution < -0.4 is 26.0 Å². The summed E-state index contributed by atoms with van der Waals surface area (Å²) in [5.41, 5.74) is 32.4. The molecule has 0 unspecified atom stereocenters. The normalized spacial score (nSPS) is 14.3. The number of benzene rings is 12. The Morgan fingerprint density at radius 1 is 0.286 bits per heavy atom. The van der Waals surface area contributed by atoms with Gasteiger partial charge in [0.15, 0.2) is 0 Å². The number of fused-ring (bicyclic) bond motifs is 13. The third kappa shape index (κ3) is 11.6. The predicted octanol–water partition coefficient (Wildman–Crippen LogP) is 25.6. The van der Waals surface area contributed by atoms with Gasteiger partial charge in [-0.3, -0.25) is 0 Å². The fourth-order valence-corrected chi connectivity index (χ4v) is 17.1. The zero-order chi connectivity index (χ0) is 74.2. The van der Waals surface area contributed by atoms with Crippen molar-refractivity contribution in [2.24, 2.45) is 0 Å². The Hall–Kier alpha value is -9.90. The van der Waals surface area contributed by atoms with E-state index < -0.39 is 5.41 Å². The standard InChI is InChI=1S/C101H103BN2O/c1-94(2,3)68-42-46-86-78(56-68)79-57-69(95(4,5)6)43-47-87(79)103(86)75-60-83-92-89(61-75)104(93-76(62-32-24-22-25-33-62)58-74(100(19,20)21)59-77(93)63-34-26-23-27-35-63)88-53-65(67-50-72(98(13,14)15)55-73(51-67)99(16,17)18)41-45-84(88)102(92)85-52-64(66-48-70(96(7,8)9)54-71(49-66)97(10,11)12)40-44-80(85)101(83)81-36-28-30-38-90(81)105-91-39-31-29-37-82(91)101/h22-61H,1-21H3. The lowest BCUT2D eigenvalue weighted by Gasteiger charge is -2.50. The summed E-state index contributed by atoms with van der Waals surface area (Å²) < 4.78 is 9.95. The van der Waals surface area contributed by atoms with Crippen molar-refractivity contribution in [2.45, 2.75) is 189 Å². The molecule has 0 bridgehead atoms. The number of nitrogens with zero attached hydrogens (tertiary/aromatic N) is 2. The van der Waals surface area contributed by atoms with Crippen LogP contribution in [0.4, 0.5) is 17.1 Å². The molecule has 0 radical (unpaired) electrons. The van der Waals surface area contributed by atoms with Gasteiger partial charge in [0.2, 0.25) is 6.71 Å². The highest BCUT2D eigenvalue weighted by Gasteiger charge is 2.55. The van der Waals surface area contributed by atoms with Gasteiger partial charge >= 0.3 is 0 Å². The summed E-state index contributed by atoms with van der Waals surface area (Å²) in [5, 5.41) is 2.50. The second kappa shape index (κ2) is 24.1. The van der Waals surface area contributed by atoms with E-state index in [4.69, 9.17) is 4.74 Å². The molecule has 13 aromatic rings. The van der Waals surface area contributed by atoms with Gasteiger partial charge in [0.25, 0.3) is 0 Å². The first-order chi connectivity index (χ1) is 49.5. The van der Waals surface area contributed by atoms with Gasteiger partial charge < -0.3 is 14.2 Å². The van der Waals surface area contributed by atoms with Crippen molar-refractivity contribution in [2.75, 3.05) is 4.90 Å². The van der Waals surface area contributed by atoms with E-state index in [1.165, 1.54) is 122 Å². The first-order valence-electron chi connectivity index (χ1n) is 38.3. The van der Waals surface area contributed by atoms with Crippen LogP contribution >= 0.6 is 0 Å². The molecule has 0 atom stereocenters. The summed E-state index contributed by atoms with van der Waals surface area (Å²) in [6.45, 7) is 49.3. The van der Waals surface area contributed by atoms with Crippen molar-refractivity contribution < 1.29 is 4.74 Å². The molecule has 0 fully saturated rings. The van der Waals surface area contributed by atoms with Crippen molar-refractivity contribution in [3.05, 3.63) is 304 Å². The van der Waals surface area contributed by atoms with E-state index in [1.54, 1.807) is 0 Å². The molecule has 16 rings (SSSR count). The molecule has 1 aromatic heterocycles.